The number of guanidine groups is 1. The second kappa shape index (κ2) is 8.16. The molecule has 5 heteroatoms. The van der Waals surface area contributed by atoms with Crippen LogP contribution >= 0.6 is 27.5 Å². The van der Waals surface area contributed by atoms with Crippen LogP contribution < -0.4 is 10.6 Å². The van der Waals surface area contributed by atoms with Gasteiger partial charge in [-0.2, -0.15) is 0 Å². The van der Waals surface area contributed by atoms with E-state index < -0.39 is 0 Å². The van der Waals surface area contributed by atoms with Crippen LogP contribution in [0.1, 0.15) is 5.56 Å². The maximum atomic E-state index is 5.97. The average molecular weight is 331 g/mol. The molecule has 0 aliphatic rings. The van der Waals surface area contributed by atoms with Crippen molar-refractivity contribution in [2.45, 2.75) is 6.42 Å². The first-order valence-electron chi connectivity index (χ1n) is 5.66. The van der Waals surface area contributed by atoms with Gasteiger partial charge >= 0.3 is 0 Å². The highest BCUT2D eigenvalue weighted by atomic mass is 79.9. The summed E-state index contributed by atoms with van der Waals surface area (Å²) in [5, 5.41) is 7.09. The van der Waals surface area contributed by atoms with E-state index in [0.29, 0.717) is 6.54 Å². The highest BCUT2D eigenvalue weighted by molar-refractivity contribution is 9.10. The zero-order valence-electron chi connectivity index (χ0n) is 10.3. The van der Waals surface area contributed by atoms with Crippen molar-refractivity contribution in [3.8, 4) is 0 Å². The fourth-order valence-electron chi connectivity index (χ4n) is 1.44. The van der Waals surface area contributed by atoms with Gasteiger partial charge in [0, 0.05) is 29.6 Å². The minimum absolute atomic E-state index is 0.695. The van der Waals surface area contributed by atoms with Crippen LogP contribution in [0.25, 0.3) is 0 Å². The molecule has 1 rings (SSSR count). The highest BCUT2D eigenvalue weighted by Crippen LogP contribution is 2.21. The standard InChI is InChI=1S/C13H17BrClN3/c1-3-7-17-13(16-2)18-8-6-10-9-11(15)4-5-12(10)14/h3-5,9H,1,6-8H2,2H3,(H2,16,17,18). The molecule has 0 bridgehead atoms. The molecule has 0 saturated carbocycles. The molecule has 0 unspecified atom stereocenters. The molecular formula is C13H17BrClN3. The van der Waals surface area contributed by atoms with Gasteiger partial charge in [0.2, 0.25) is 0 Å². The fraction of sp³-hybridized carbons (Fsp3) is 0.308. The summed E-state index contributed by atoms with van der Waals surface area (Å²) in [5.41, 5.74) is 1.18. The predicted octanol–water partition coefficient (Wildman–Crippen LogP) is 3.00. The Morgan fingerprint density at radius 1 is 1.50 bits per heavy atom. The monoisotopic (exact) mass is 329 g/mol. The van der Waals surface area contributed by atoms with Crippen LogP contribution in [0.15, 0.2) is 40.3 Å². The molecule has 0 fully saturated rings. The lowest BCUT2D eigenvalue weighted by atomic mass is 10.1. The number of hydrogen-bond donors (Lipinski definition) is 2. The van der Waals surface area contributed by atoms with E-state index in [0.717, 1.165) is 28.4 Å². The van der Waals surface area contributed by atoms with Crippen LogP contribution in [-0.4, -0.2) is 26.1 Å². The summed E-state index contributed by atoms with van der Waals surface area (Å²) in [6, 6.07) is 5.79. The summed E-state index contributed by atoms with van der Waals surface area (Å²) in [6.45, 7) is 5.13. The third-order valence-electron chi connectivity index (χ3n) is 2.33. The van der Waals surface area contributed by atoms with Crippen LogP contribution in [0.2, 0.25) is 5.02 Å². The molecule has 98 valence electrons. The van der Waals surface area contributed by atoms with Crippen molar-refractivity contribution in [1.82, 2.24) is 10.6 Å². The summed E-state index contributed by atoms with van der Waals surface area (Å²) >= 11 is 9.48. The maximum absolute atomic E-state index is 5.97. The number of nitrogens with one attached hydrogen (secondary N) is 2. The molecule has 0 heterocycles. The Morgan fingerprint density at radius 2 is 2.28 bits per heavy atom. The van der Waals surface area contributed by atoms with Gasteiger partial charge in [0.05, 0.1) is 0 Å². The van der Waals surface area contributed by atoms with Crippen molar-refractivity contribution in [1.29, 1.82) is 0 Å². The van der Waals surface area contributed by atoms with E-state index in [-0.39, 0.29) is 0 Å². The summed E-state index contributed by atoms with van der Waals surface area (Å²) in [6.07, 6.45) is 2.66. The van der Waals surface area contributed by atoms with Crippen molar-refractivity contribution < 1.29 is 0 Å². The molecule has 0 amide bonds. The number of benzene rings is 1. The second-order valence-electron chi connectivity index (χ2n) is 3.65. The van der Waals surface area contributed by atoms with Crippen LogP contribution in [0.4, 0.5) is 0 Å². The SMILES string of the molecule is C=CCNC(=NC)NCCc1cc(Cl)ccc1Br. The number of halogens is 2. The van der Waals surface area contributed by atoms with Crippen molar-refractivity contribution in [3.63, 3.8) is 0 Å². The molecule has 2 N–H and O–H groups in total. The van der Waals surface area contributed by atoms with Crippen LogP contribution in [0, 0.1) is 0 Å². The minimum Gasteiger partial charge on any atom is -0.356 e. The van der Waals surface area contributed by atoms with Crippen molar-refractivity contribution >= 4 is 33.5 Å². The Kier molecular flexibility index (Phi) is 6.83. The van der Waals surface area contributed by atoms with E-state index in [1.54, 1.807) is 13.1 Å². The summed E-state index contributed by atoms with van der Waals surface area (Å²) in [4.78, 5) is 4.11. The van der Waals surface area contributed by atoms with Gasteiger partial charge in [0.15, 0.2) is 5.96 Å². The predicted molar refractivity (Wildman–Crippen MR) is 82.4 cm³/mol. The zero-order chi connectivity index (χ0) is 13.4. The third kappa shape index (κ3) is 5.10. The van der Waals surface area contributed by atoms with Gasteiger partial charge < -0.3 is 10.6 Å². The molecule has 3 nitrogen and oxygen atoms in total. The number of rotatable bonds is 5. The molecular weight excluding hydrogens is 314 g/mol. The van der Waals surface area contributed by atoms with E-state index in [4.69, 9.17) is 11.6 Å². The smallest absolute Gasteiger partial charge is 0.191 e. The van der Waals surface area contributed by atoms with E-state index in [1.807, 2.05) is 18.2 Å². The molecule has 1 aromatic rings. The molecule has 1 aromatic carbocycles. The van der Waals surface area contributed by atoms with Gasteiger partial charge in [-0.25, -0.2) is 0 Å². The quantitative estimate of drug-likeness (QED) is 0.495. The van der Waals surface area contributed by atoms with E-state index in [1.165, 1.54) is 5.56 Å². The van der Waals surface area contributed by atoms with E-state index in [9.17, 15) is 0 Å². The van der Waals surface area contributed by atoms with Crippen molar-refractivity contribution in [3.05, 3.63) is 45.9 Å². The second-order valence-corrected chi connectivity index (χ2v) is 4.95. The number of hydrogen-bond acceptors (Lipinski definition) is 1. The normalized spacial score (nSPS) is 11.2. The lowest BCUT2D eigenvalue weighted by Gasteiger charge is -2.11. The van der Waals surface area contributed by atoms with Gasteiger partial charge in [-0.3, -0.25) is 4.99 Å². The first-order chi connectivity index (χ1) is 8.67. The highest BCUT2D eigenvalue weighted by Gasteiger charge is 2.01. The van der Waals surface area contributed by atoms with Gasteiger partial charge in [0.25, 0.3) is 0 Å². The third-order valence-corrected chi connectivity index (χ3v) is 3.34. The van der Waals surface area contributed by atoms with Crippen LogP contribution in [-0.2, 0) is 6.42 Å². The summed E-state index contributed by atoms with van der Waals surface area (Å²) in [7, 11) is 1.74. The minimum atomic E-state index is 0.695. The molecule has 0 aliphatic carbocycles. The first-order valence-corrected chi connectivity index (χ1v) is 6.83. The Morgan fingerprint density at radius 3 is 2.94 bits per heavy atom. The largest absolute Gasteiger partial charge is 0.356 e. The molecule has 0 radical (unpaired) electrons. The maximum Gasteiger partial charge on any atom is 0.191 e. The molecule has 0 saturated heterocycles. The van der Waals surface area contributed by atoms with Gasteiger partial charge in [-0.15, -0.1) is 6.58 Å². The molecule has 0 spiro atoms. The Bertz CT molecular complexity index is 432. The summed E-state index contributed by atoms with van der Waals surface area (Å²) in [5.74, 6) is 0.771. The van der Waals surface area contributed by atoms with Gasteiger partial charge in [0.1, 0.15) is 0 Å². The summed E-state index contributed by atoms with van der Waals surface area (Å²) < 4.78 is 1.07. The lowest BCUT2D eigenvalue weighted by molar-refractivity contribution is 0.820. The Labute approximate surface area is 121 Å². The number of aliphatic imine (C=N–C) groups is 1. The zero-order valence-corrected chi connectivity index (χ0v) is 12.7. The van der Waals surface area contributed by atoms with E-state index in [2.05, 4.69) is 38.1 Å². The van der Waals surface area contributed by atoms with Crippen LogP contribution in [0.5, 0.6) is 0 Å². The van der Waals surface area contributed by atoms with Crippen molar-refractivity contribution in [2.75, 3.05) is 20.1 Å². The lowest BCUT2D eigenvalue weighted by Crippen LogP contribution is -2.38. The molecule has 18 heavy (non-hydrogen) atoms. The first kappa shape index (κ1) is 15.1. The van der Waals surface area contributed by atoms with Crippen molar-refractivity contribution in [2.24, 2.45) is 4.99 Å². The Hall–Kier alpha value is -1.000. The fourth-order valence-corrected chi connectivity index (χ4v) is 2.08. The molecule has 0 atom stereocenters. The molecule has 0 aliphatic heterocycles. The van der Waals surface area contributed by atoms with E-state index >= 15 is 0 Å². The van der Waals surface area contributed by atoms with Crippen LogP contribution in [0.3, 0.4) is 0 Å². The number of nitrogens with zero attached hydrogens (tertiary/aromatic N) is 1. The average Bonchev–Trinajstić information content (AvgIpc) is 2.37. The topological polar surface area (TPSA) is 36.4 Å². The van der Waals surface area contributed by atoms with Gasteiger partial charge in [-0.1, -0.05) is 33.6 Å². The van der Waals surface area contributed by atoms with Gasteiger partial charge in [-0.05, 0) is 30.2 Å². The Balaban J connectivity index is 2.45. The molecule has 0 aromatic heterocycles.